The Kier molecular flexibility index (Phi) is 2.88. The Morgan fingerprint density at radius 1 is 1.42 bits per heavy atom. The predicted octanol–water partition coefficient (Wildman–Crippen LogP) is 1.75. The zero-order chi connectivity index (χ0) is 13.2. The Balaban J connectivity index is 1.82. The van der Waals surface area contributed by atoms with Gasteiger partial charge in [-0.15, -0.1) is 0 Å². The number of rotatable bonds is 3. The van der Waals surface area contributed by atoms with Gasteiger partial charge < -0.3 is 9.84 Å². The molecule has 0 radical (unpaired) electrons. The van der Waals surface area contributed by atoms with Gasteiger partial charge in [0, 0.05) is 5.69 Å². The lowest BCUT2D eigenvalue weighted by Crippen LogP contribution is -2.06. The van der Waals surface area contributed by atoms with E-state index in [2.05, 4.69) is 26.5 Å². The summed E-state index contributed by atoms with van der Waals surface area (Å²) in [6.07, 6.45) is 3.11. The molecule has 1 N–H and O–H groups in total. The number of fused-ring (bicyclic) bond motifs is 1. The second kappa shape index (κ2) is 4.69. The maximum absolute atomic E-state index is 9.17. The standard InChI is InChI=1S/C13H13N5O/c1-8-16-12(19-18-8)7-15-13-10(6-14)5-9-3-2-4-11(9)17-13/h5H,2-4,7H2,1H3,(H,15,17). The van der Waals surface area contributed by atoms with Crippen molar-refractivity contribution in [3.8, 4) is 6.07 Å². The highest BCUT2D eigenvalue weighted by Crippen LogP contribution is 2.25. The number of nitrogens with one attached hydrogen (secondary N) is 1. The summed E-state index contributed by atoms with van der Waals surface area (Å²) in [5, 5.41) is 16.0. The number of hydrogen-bond donors (Lipinski definition) is 1. The normalized spacial score (nSPS) is 13.1. The molecule has 2 aromatic rings. The number of anilines is 1. The molecule has 0 fully saturated rings. The molecule has 1 aliphatic carbocycles. The number of aryl methyl sites for hydroxylation is 3. The first-order valence-electron chi connectivity index (χ1n) is 6.22. The monoisotopic (exact) mass is 255 g/mol. The number of pyridine rings is 1. The lowest BCUT2D eigenvalue weighted by atomic mass is 10.1. The number of hydrogen-bond acceptors (Lipinski definition) is 6. The molecule has 1 aliphatic rings. The first-order chi connectivity index (χ1) is 9.26. The second-order valence-corrected chi connectivity index (χ2v) is 4.54. The molecule has 0 saturated carbocycles. The van der Waals surface area contributed by atoms with Crippen molar-refractivity contribution in [1.82, 2.24) is 15.1 Å². The fraction of sp³-hybridized carbons (Fsp3) is 0.385. The molecule has 0 aromatic carbocycles. The van der Waals surface area contributed by atoms with Crippen LogP contribution >= 0.6 is 0 Å². The quantitative estimate of drug-likeness (QED) is 0.898. The van der Waals surface area contributed by atoms with Gasteiger partial charge in [0.2, 0.25) is 5.89 Å². The van der Waals surface area contributed by atoms with Crippen LogP contribution in [0.4, 0.5) is 5.82 Å². The maximum atomic E-state index is 9.17. The minimum atomic E-state index is 0.376. The van der Waals surface area contributed by atoms with E-state index in [1.807, 2.05) is 6.07 Å². The second-order valence-electron chi connectivity index (χ2n) is 4.54. The van der Waals surface area contributed by atoms with E-state index >= 15 is 0 Å². The van der Waals surface area contributed by atoms with E-state index in [1.54, 1.807) is 6.92 Å². The van der Waals surface area contributed by atoms with Gasteiger partial charge in [0.15, 0.2) is 5.82 Å². The molecule has 6 nitrogen and oxygen atoms in total. The van der Waals surface area contributed by atoms with Crippen LogP contribution in [0.25, 0.3) is 0 Å². The Morgan fingerprint density at radius 3 is 3.05 bits per heavy atom. The summed E-state index contributed by atoms with van der Waals surface area (Å²) < 4.78 is 5.02. The zero-order valence-corrected chi connectivity index (χ0v) is 10.6. The van der Waals surface area contributed by atoms with E-state index < -0.39 is 0 Å². The minimum absolute atomic E-state index is 0.376. The van der Waals surface area contributed by atoms with Gasteiger partial charge in [-0.05, 0) is 37.8 Å². The van der Waals surface area contributed by atoms with Gasteiger partial charge >= 0.3 is 0 Å². The Bertz CT molecular complexity index is 656. The molecule has 0 bridgehead atoms. The number of aromatic nitrogens is 3. The maximum Gasteiger partial charge on any atom is 0.245 e. The molecule has 0 aliphatic heterocycles. The highest BCUT2D eigenvalue weighted by atomic mass is 16.5. The molecular formula is C13H13N5O. The van der Waals surface area contributed by atoms with Gasteiger partial charge in [0.25, 0.3) is 0 Å². The third-order valence-electron chi connectivity index (χ3n) is 3.15. The highest BCUT2D eigenvalue weighted by Gasteiger charge is 2.16. The van der Waals surface area contributed by atoms with Crippen LogP contribution in [-0.2, 0) is 19.4 Å². The molecule has 6 heteroatoms. The molecule has 0 unspecified atom stereocenters. The molecule has 0 amide bonds. The summed E-state index contributed by atoms with van der Waals surface area (Å²) in [7, 11) is 0. The van der Waals surface area contributed by atoms with Gasteiger partial charge in [-0.3, -0.25) is 0 Å². The molecule has 0 saturated heterocycles. The SMILES string of the molecule is Cc1noc(CNc2nc3c(cc2C#N)CCC3)n1. The van der Waals surface area contributed by atoms with Gasteiger partial charge in [-0.25, -0.2) is 4.98 Å². The minimum Gasteiger partial charge on any atom is -0.360 e. The van der Waals surface area contributed by atoms with Crippen molar-refractivity contribution in [3.05, 3.63) is 34.6 Å². The van der Waals surface area contributed by atoms with Crippen molar-refractivity contribution in [3.63, 3.8) is 0 Å². The Labute approximate surface area is 110 Å². The van der Waals surface area contributed by atoms with E-state index in [4.69, 9.17) is 9.78 Å². The van der Waals surface area contributed by atoms with Gasteiger partial charge in [-0.2, -0.15) is 10.2 Å². The lowest BCUT2D eigenvalue weighted by molar-refractivity contribution is 0.379. The number of nitrogens with zero attached hydrogens (tertiary/aromatic N) is 4. The molecule has 0 atom stereocenters. The molecule has 3 rings (SSSR count). The van der Waals surface area contributed by atoms with E-state index in [-0.39, 0.29) is 0 Å². The molecule has 0 spiro atoms. The third-order valence-corrected chi connectivity index (χ3v) is 3.15. The molecular weight excluding hydrogens is 242 g/mol. The molecule has 96 valence electrons. The van der Waals surface area contributed by atoms with E-state index in [9.17, 15) is 0 Å². The topological polar surface area (TPSA) is 87.6 Å². The smallest absolute Gasteiger partial charge is 0.245 e. The first-order valence-corrected chi connectivity index (χ1v) is 6.22. The van der Waals surface area contributed by atoms with Gasteiger partial charge in [0.05, 0.1) is 12.1 Å². The molecule has 2 aromatic heterocycles. The summed E-state index contributed by atoms with van der Waals surface area (Å²) in [6.45, 7) is 2.14. The molecule has 2 heterocycles. The van der Waals surface area contributed by atoms with Crippen molar-refractivity contribution in [1.29, 1.82) is 5.26 Å². The average Bonchev–Trinajstić information content (AvgIpc) is 3.03. The summed E-state index contributed by atoms with van der Waals surface area (Å²) in [4.78, 5) is 8.63. The lowest BCUT2D eigenvalue weighted by Gasteiger charge is -2.07. The van der Waals surface area contributed by atoms with Crippen LogP contribution in [0.3, 0.4) is 0 Å². The highest BCUT2D eigenvalue weighted by molar-refractivity contribution is 5.55. The van der Waals surface area contributed by atoms with Gasteiger partial charge in [-0.1, -0.05) is 5.16 Å². The average molecular weight is 255 g/mol. The summed E-state index contributed by atoms with van der Waals surface area (Å²) in [6, 6.07) is 4.10. The fourth-order valence-electron chi connectivity index (χ4n) is 2.26. The van der Waals surface area contributed by atoms with Crippen molar-refractivity contribution in [2.24, 2.45) is 0 Å². The van der Waals surface area contributed by atoms with Crippen LogP contribution in [-0.4, -0.2) is 15.1 Å². The van der Waals surface area contributed by atoms with Crippen LogP contribution in [0.2, 0.25) is 0 Å². The fourth-order valence-corrected chi connectivity index (χ4v) is 2.26. The van der Waals surface area contributed by atoms with Crippen LogP contribution < -0.4 is 5.32 Å². The number of nitriles is 1. The van der Waals surface area contributed by atoms with Crippen molar-refractivity contribution < 1.29 is 4.52 Å². The van der Waals surface area contributed by atoms with E-state index in [0.717, 1.165) is 25.0 Å². The Morgan fingerprint density at radius 2 is 2.32 bits per heavy atom. The third kappa shape index (κ3) is 2.27. The molecule has 19 heavy (non-hydrogen) atoms. The van der Waals surface area contributed by atoms with Crippen LogP contribution in [0, 0.1) is 18.3 Å². The Hall–Kier alpha value is -2.42. The largest absolute Gasteiger partial charge is 0.360 e. The zero-order valence-electron chi connectivity index (χ0n) is 10.6. The van der Waals surface area contributed by atoms with Gasteiger partial charge in [0.1, 0.15) is 11.9 Å². The first kappa shape index (κ1) is 11.7. The van der Waals surface area contributed by atoms with Crippen LogP contribution in [0.15, 0.2) is 10.6 Å². The van der Waals surface area contributed by atoms with Crippen molar-refractivity contribution in [2.45, 2.75) is 32.7 Å². The van der Waals surface area contributed by atoms with Crippen molar-refractivity contribution in [2.75, 3.05) is 5.32 Å². The predicted molar refractivity (Wildman–Crippen MR) is 67.3 cm³/mol. The summed E-state index contributed by atoms with van der Waals surface area (Å²) in [5.41, 5.74) is 2.84. The van der Waals surface area contributed by atoms with Crippen LogP contribution in [0.5, 0.6) is 0 Å². The summed E-state index contributed by atoms with van der Waals surface area (Å²) >= 11 is 0. The van der Waals surface area contributed by atoms with E-state index in [0.29, 0.717) is 29.6 Å². The van der Waals surface area contributed by atoms with Crippen LogP contribution in [0.1, 0.15) is 35.0 Å². The summed E-state index contributed by atoms with van der Waals surface area (Å²) in [5.74, 6) is 1.68. The van der Waals surface area contributed by atoms with E-state index in [1.165, 1.54) is 5.56 Å². The van der Waals surface area contributed by atoms with Crippen molar-refractivity contribution >= 4 is 5.82 Å².